The average molecular weight is 296 g/mol. The van der Waals surface area contributed by atoms with Crippen LogP contribution in [0.2, 0.25) is 0 Å². The summed E-state index contributed by atoms with van der Waals surface area (Å²) in [7, 11) is 0. The van der Waals surface area contributed by atoms with Gasteiger partial charge in [-0.2, -0.15) is 0 Å². The van der Waals surface area contributed by atoms with Crippen molar-refractivity contribution >= 4 is 35.7 Å². The van der Waals surface area contributed by atoms with Gasteiger partial charge in [0.15, 0.2) is 0 Å². The minimum Gasteiger partial charge on any atom is -0.263 e. The van der Waals surface area contributed by atoms with Gasteiger partial charge in [0.2, 0.25) is 0 Å². The lowest BCUT2D eigenvalue weighted by Gasteiger charge is -2.19. The molecular formula is C11H12N4O6. The van der Waals surface area contributed by atoms with Gasteiger partial charge in [-0.15, -0.1) is 0 Å². The normalized spacial score (nSPS) is 19.7. The van der Waals surface area contributed by atoms with Crippen LogP contribution in [0.5, 0.6) is 0 Å². The number of hydrogen-bond donors (Lipinski definition) is 0. The van der Waals surface area contributed by atoms with Crippen LogP contribution in [-0.4, -0.2) is 75.0 Å². The van der Waals surface area contributed by atoms with Gasteiger partial charge in [-0.3, -0.25) is 29.0 Å². The van der Waals surface area contributed by atoms with E-state index in [2.05, 4.69) is 0 Å². The van der Waals surface area contributed by atoms with Crippen molar-refractivity contribution in [3.05, 3.63) is 0 Å². The lowest BCUT2D eigenvalue weighted by atomic mass is 10.5. The first-order valence-corrected chi connectivity index (χ1v) is 6.19. The number of carbonyl (C=O) groups is 6. The van der Waals surface area contributed by atoms with Gasteiger partial charge >= 0.3 is 35.7 Å². The summed E-state index contributed by atoms with van der Waals surface area (Å²) in [5.74, 6) is -4.32. The first-order chi connectivity index (χ1) is 9.84. The molecule has 0 unspecified atom stereocenters. The molecule has 2 aliphatic heterocycles. The fraction of sp³-hybridized carbons (Fsp3) is 0.455. The Morgan fingerprint density at radius 2 is 0.857 bits per heavy atom. The molecule has 10 heteroatoms. The van der Waals surface area contributed by atoms with Crippen molar-refractivity contribution in [3.8, 4) is 0 Å². The summed E-state index contributed by atoms with van der Waals surface area (Å²) in [5, 5.41) is 0. The smallest absolute Gasteiger partial charge is 0.263 e. The molecule has 112 valence electrons. The summed E-state index contributed by atoms with van der Waals surface area (Å²) >= 11 is 0. The van der Waals surface area contributed by atoms with Gasteiger partial charge < -0.3 is 0 Å². The topological polar surface area (TPSA) is 115 Å². The molecule has 0 aromatic heterocycles. The zero-order valence-corrected chi connectivity index (χ0v) is 11.4. The van der Waals surface area contributed by atoms with E-state index in [1.54, 1.807) is 0 Å². The lowest BCUT2D eigenvalue weighted by Crippen LogP contribution is -2.45. The zero-order valence-electron chi connectivity index (χ0n) is 11.4. The third-order valence-corrected chi connectivity index (χ3v) is 3.19. The monoisotopic (exact) mass is 296 g/mol. The molecule has 0 aromatic rings. The summed E-state index contributed by atoms with van der Waals surface area (Å²) in [5.41, 5.74) is 0. The second-order valence-electron chi connectivity index (χ2n) is 4.27. The van der Waals surface area contributed by atoms with Crippen molar-refractivity contribution in [2.75, 3.05) is 19.8 Å². The minimum absolute atomic E-state index is 0.0121. The maximum atomic E-state index is 11.9. The molecule has 0 aromatic carbocycles. The van der Waals surface area contributed by atoms with Gasteiger partial charge in [0.1, 0.15) is 6.67 Å². The number of amides is 8. The molecule has 0 bridgehead atoms. The van der Waals surface area contributed by atoms with Crippen molar-refractivity contribution in [2.45, 2.75) is 13.8 Å². The van der Waals surface area contributed by atoms with Gasteiger partial charge in [-0.25, -0.2) is 19.4 Å². The highest BCUT2D eigenvalue weighted by atomic mass is 16.2. The van der Waals surface area contributed by atoms with E-state index in [1.165, 1.54) is 13.8 Å². The van der Waals surface area contributed by atoms with Crippen LogP contribution in [0.3, 0.4) is 0 Å². The molecule has 0 saturated carbocycles. The second kappa shape index (κ2) is 4.96. The van der Waals surface area contributed by atoms with E-state index < -0.39 is 42.4 Å². The number of nitrogens with zero attached hydrogens (tertiary/aromatic N) is 4. The van der Waals surface area contributed by atoms with E-state index >= 15 is 0 Å². The quantitative estimate of drug-likeness (QED) is 0.463. The van der Waals surface area contributed by atoms with Gasteiger partial charge in [0.05, 0.1) is 0 Å². The Balaban J connectivity index is 2.23. The molecule has 0 N–H and O–H groups in total. The first-order valence-electron chi connectivity index (χ1n) is 6.19. The molecule has 2 rings (SSSR count). The first kappa shape index (κ1) is 14.6. The van der Waals surface area contributed by atoms with Crippen molar-refractivity contribution < 1.29 is 28.8 Å². The highest BCUT2D eigenvalue weighted by Crippen LogP contribution is 2.17. The SMILES string of the molecule is CCN1C(=O)C(=O)N(CN2C(=O)C(=O)N(CC)C2=O)C1=O. The molecule has 2 heterocycles. The summed E-state index contributed by atoms with van der Waals surface area (Å²) < 4.78 is 0. The maximum absolute atomic E-state index is 11.9. The molecule has 8 amide bonds. The summed E-state index contributed by atoms with van der Waals surface area (Å²) in [4.78, 5) is 72.4. The zero-order chi connectivity index (χ0) is 15.9. The van der Waals surface area contributed by atoms with E-state index in [1.807, 2.05) is 0 Å². The predicted octanol–water partition coefficient (Wildman–Crippen LogP) is -1.43. The van der Waals surface area contributed by atoms with E-state index in [0.717, 1.165) is 0 Å². The van der Waals surface area contributed by atoms with Crippen LogP contribution >= 0.6 is 0 Å². The van der Waals surface area contributed by atoms with Crippen LogP contribution < -0.4 is 0 Å². The Hall–Kier alpha value is -2.78. The highest BCUT2D eigenvalue weighted by Gasteiger charge is 2.49. The number of carbonyl (C=O) groups excluding carboxylic acids is 6. The molecule has 0 spiro atoms. The standard InChI is InChI=1S/C11H12N4O6/c1-3-12-6(16)8(18)14(10(12)20)5-15-9(19)7(17)13(4-2)11(15)21/h3-5H2,1-2H3. The van der Waals surface area contributed by atoms with E-state index in [0.29, 0.717) is 19.6 Å². The molecule has 10 nitrogen and oxygen atoms in total. The van der Waals surface area contributed by atoms with E-state index in [9.17, 15) is 28.8 Å². The Morgan fingerprint density at radius 1 is 0.571 bits per heavy atom. The number of hydrogen-bond acceptors (Lipinski definition) is 6. The number of likely N-dealkylation sites (N-methyl/N-ethyl adjacent to an activating group) is 2. The molecule has 0 radical (unpaired) electrons. The van der Waals surface area contributed by atoms with Crippen LogP contribution in [0, 0.1) is 0 Å². The summed E-state index contributed by atoms with van der Waals surface area (Å²) in [6, 6.07) is -1.84. The Kier molecular flexibility index (Phi) is 3.45. The Morgan fingerprint density at radius 3 is 1.10 bits per heavy atom. The van der Waals surface area contributed by atoms with Crippen molar-refractivity contribution in [1.29, 1.82) is 0 Å². The van der Waals surface area contributed by atoms with Crippen LogP contribution in [0.15, 0.2) is 0 Å². The van der Waals surface area contributed by atoms with Crippen LogP contribution in [-0.2, 0) is 19.2 Å². The molecule has 2 fully saturated rings. The Bertz CT molecular complexity index is 535. The molecule has 0 atom stereocenters. The lowest BCUT2D eigenvalue weighted by molar-refractivity contribution is -0.146. The van der Waals surface area contributed by atoms with Crippen LogP contribution in [0.1, 0.15) is 13.8 Å². The maximum Gasteiger partial charge on any atom is 0.335 e. The number of imide groups is 4. The van der Waals surface area contributed by atoms with Gasteiger partial charge in [-0.05, 0) is 13.8 Å². The summed E-state index contributed by atoms with van der Waals surface area (Å²) in [6.07, 6.45) is 0. The third-order valence-electron chi connectivity index (χ3n) is 3.19. The van der Waals surface area contributed by atoms with Gasteiger partial charge in [0.25, 0.3) is 0 Å². The second-order valence-corrected chi connectivity index (χ2v) is 4.27. The van der Waals surface area contributed by atoms with E-state index in [-0.39, 0.29) is 13.1 Å². The average Bonchev–Trinajstić information content (AvgIpc) is 2.78. The number of urea groups is 2. The number of rotatable bonds is 4. The van der Waals surface area contributed by atoms with Crippen molar-refractivity contribution in [2.24, 2.45) is 0 Å². The summed E-state index contributed by atoms with van der Waals surface area (Å²) in [6.45, 7) is 2.23. The molecule has 0 aliphatic carbocycles. The van der Waals surface area contributed by atoms with Crippen molar-refractivity contribution in [3.63, 3.8) is 0 Å². The minimum atomic E-state index is -1.13. The van der Waals surface area contributed by atoms with E-state index in [4.69, 9.17) is 0 Å². The van der Waals surface area contributed by atoms with Crippen LogP contribution in [0.25, 0.3) is 0 Å². The molecule has 2 aliphatic rings. The van der Waals surface area contributed by atoms with Crippen molar-refractivity contribution in [1.82, 2.24) is 19.6 Å². The molecule has 2 saturated heterocycles. The van der Waals surface area contributed by atoms with Gasteiger partial charge in [-0.1, -0.05) is 0 Å². The van der Waals surface area contributed by atoms with Crippen LogP contribution in [0.4, 0.5) is 9.59 Å². The van der Waals surface area contributed by atoms with Gasteiger partial charge in [0, 0.05) is 13.1 Å². The molecular weight excluding hydrogens is 284 g/mol. The predicted molar refractivity (Wildman–Crippen MR) is 64.1 cm³/mol. The largest absolute Gasteiger partial charge is 0.335 e. The third kappa shape index (κ3) is 1.95. The fourth-order valence-corrected chi connectivity index (χ4v) is 2.05. The molecule has 21 heavy (non-hydrogen) atoms. The Labute approximate surface area is 118 Å². The fourth-order valence-electron chi connectivity index (χ4n) is 2.05. The highest BCUT2D eigenvalue weighted by molar-refractivity contribution is 6.46.